The molecule has 1 amide bonds. The van der Waals surface area contributed by atoms with Crippen molar-refractivity contribution in [3.8, 4) is 0 Å². The van der Waals surface area contributed by atoms with Crippen LogP contribution >= 0.6 is 34.9 Å². The summed E-state index contributed by atoms with van der Waals surface area (Å²) in [5, 5.41) is 3.57. The molecule has 118 valence electrons. The van der Waals surface area contributed by atoms with Gasteiger partial charge in [-0.2, -0.15) is 0 Å². The van der Waals surface area contributed by atoms with Crippen molar-refractivity contribution in [3.63, 3.8) is 0 Å². The monoisotopic (exact) mass is 360 g/mol. The second kappa shape index (κ2) is 7.86. The highest BCUT2D eigenvalue weighted by atomic mass is 32.2. The van der Waals surface area contributed by atoms with E-state index in [1.165, 1.54) is 21.8 Å². The second-order valence-electron chi connectivity index (χ2n) is 4.88. The van der Waals surface area contributed by atoms with Gasteiger partial charge in [-0.05, 0) is 30.0 Å². The van der Waals surface area contributed by atoms with Crippen LogP contribution in [0.4, 0.5) is 5.13 Å². The summed E-state index contributed by atoms with van der Waals surface area (Å²) in [6, 6.07) is 16.3. The molecule has 1 N–H and O–H groups in total. The van der Waals surface area contributed by atoms with E-state index >= 15 is 0 Å². The molecule has 0 fully saturated rings. The maximum atomic E-state index is 12.0. The normalized spacial score (nSPS) is 10.8. The number of carbonyl (C=O) groups is 1. The van der Waals surface area contributed by atoms with E-state index in [9.17, 15) is 4.79 Å². The minimum absolute atomic E-state index is 0.00456. The van der Waals surface area contributed by atoms with Crippen molar-refractivity contribution in [1.82, 2.24) is 4.98 Å². The number of amides is 1. The number of hydrogen-bond donors (Lipinski definition) is 1. The van der Waals surface area contributed by atoms with Crippen LogP contribution in [0.5, 0.6) is 0 Å². The molecule has 23 heavy (non-hydrogen) atoms. The van der Waals surface area contributed by atoms with Crippen molar-refractivity contribution in [2.45, 2.75) is 10.6 Å². The summed E-state index contributed by atoms with van der Waals surface area (Å²) in [6.45, 7) is 0. The fraction of sp³-hybridized carbons (Fsp3) is 0.176. The predicted octanol–water partition coefficient (Wildman–Crippen LogP) is 4.89. The molecule has 3 rings (SSSR count). The van der Waals surface area contributed by atoms with Gasteiger partial charge in [-0.3, -0.25) is 4.79 Å². The highest BCUT2D eigenvalue weighted by Gasteiger charge is 2.08. The molecule has 0 radical (unpaired) electrons. The van der Waals surface area contributed by atoms with E-state index in [2.05, 4.69) is 34.8 Å². The lowest BCUT2D eigenvalue weighted by molar-refractivity contribution is -0.113. The molecule has 0 saturated carbocycles. The molecule has 0 aliphatic heterocycles. The van der Waals surface area contributed by atoms with Crippen LogP contribution in [-0.2, 0) is 10.5 Å². The maximum Gasteiger partial charge on any atom is 0.236 e. The Labute approximate surface area is 147 Å². The van der Waals surface area contributed by atoms with E-state index in [4.69, 9.17) is 0 Å². The molecule has 0 aliphatic carbocycles. The second-order valence-corrected chi connectivity index (χ2v) is 7.78. The SMILES string of the molecule is CSc1ccc2nc(NC(=O)CSCc3ccccc3)sc2c1. The smallest absolute Gasteiger partial charge is 0.236 e. The minimum Gasteiger partial charge on any atom is -0.301 e. The summed E-state index contributed by atoms with van der Waals surface area (Å²) in [5.41, 5.74) is 2.16. The molecule has 2 aromatic carbocycles. The van der Waals surface area contributed by atoms with E-state index in [1.807, 2.05) is 30.3 Å². The van der Waals surface area contributed by atoms with Gasteiger partial charge in [-0.25, -0.2) is 4.98 Å². The minimum atomic E-state index is -0.00456. The molecule has 6 heteroatoms. The Balaban J connectivity index is 1.55. The summed E-state index contributed by atoms with van der Waals surface area (Å²) in [6.07, 6.45) is 2.05. The van der Waals surface area contributed by atoms with Gasteiger partial charge in [0.15, 0.2) is 5.13 Å². The van der Waals surface area contributed by atoms with Gasteiger partial charge in [0.05, 0.1) is 16.0 Å². The van der Waals surface area contributed by atoms with Gasteiger partial charge in [0.2, 0.25) is 5.91 Å². The van der Waals surface area contributed by atoms with Crippen LogP contribution in [-0.4, -0.2) is 22.9 Å². The number of carbonyl (C=O) groups excluding carboxylic acids is 1. The lowest BCUT2D eigenvalue weighted by Gasteiger charge is -2.02. The zero-order valence-corrected chi connectivity index (χ0v) is 15.1. The number of fused-ring (bicyclic) bond motifs is 1. The molecule has 1 heterocycles. The predicted molar refractivity (Wildman–Crippen MR) is 103 cm³/mol. The van der Waals surface area contributed by atoms with Crippen molar-refractivity contribution < 1.29 is 4.79 Å². The average Bonchev–Trinajstić information content (AvgIpc) is 2.96. The van der Waals surface area contributed by atoms with Crippen LogP contribution in [0.1, 0.15) is 5.56 Å². The first kappa shape index (κ1) is 16.4. The van der Waals surface area contributed by atoms with E-state index in [0.717, 1.165) is 16.0 Å². The first-order chi connectivity index (χ1) is 11.2. The average molecular weight is 361 g/mol. The topological polar surface area (TPSA) is 42.0 Å². The summed E-state index contributed by atoms with van der Waals surface area (Å²) in [7, 11) is 0. The quantitative estimate of drug-likeness (QED) is 0.636. The summed E-state index contributed by atoms with van der Waals surface area (Å²) in [4.78, 5) is 17.7. The van der Waals surface area contributed by atoms with Crippen molar-refractivity contribution in [1.29, 1.82) is 0 Å². The van der Waals surface area contributed by atoms with E-state index in [-0.39, 0.29) is 5.91 Å². The molecule has 1 aromatic heterocycles. The Morgan fingerprint density at radius 3 is 2.83 bits per heavy atom. The van der Waals surface area contributed by atoms with Gasteiger partial charge < -0.3 is 5.32 Å². The first-order valence-corrected chi connectivity index (χ1v) is 10.3. The zero-order chi connectivity index (χ0) is 16.1. The maximum absolute atomic E-state index is 12.0. The summed E-state index contributed by atoms with van der Waals surface area (Å²) >= 11 is 4.83. The lowest BCUT2D eigenvalue weighted by atomic mass is 10.2. The molecular formula is C17H16N2OS3. The van der Waals surface area contributed by atoms with Crippen molar-refractivity contribution in [2.24, 2.45) is 0 Å². The Morgan fingerprint density at radius 1 is 1.22 bits per heavy atom. The van der Waals surface area contributed by atoms with Crippen LogP contribution in [0.3, 0.4) is 0 Å². The largest absolute Gasteiger partial charge is 0.301 e. The van der Waals surface area contributed by atoms with Crippen LogP contribution in [0.25, 0.3) is 10.2 Å². The number of benzene rings is 2. The van der Waals surface area contributed by atoms with Crippen molar-refractivity contribution in [2.75, 3.05) is 17.3 Å². The van der Waals surface area contributed by atoms with Gasteiger partial charge >= 0.3 is 0 Å². The number of thioether (sulfide) groups is 2. The summed E-state index contributed by atoms with van der Waals surface area (Å²) < 4.78 is 1.10. The Hall–Kier alpha value is -1.50. The van der Waals surface area contributed by atoms with Crippen molar-refractivity contribution >= 4 is 56.1 Å². The molecule has 0 aliphatic rings. The third-order valence-electron chi connectivity index (χ3n) is 3.19. The summed E-state index contributed by atoms with van der Waals surface area (Å²) in [5.74, 6) is 1.27. The van der Waals surface area contributed by atoms with Crippen LogP contribution in [0.2, 0.25) is 0 Å². The Morgan fingerprint density at radius 2 is 2.04 bits per heavy atom. The molecule has 3 aromatic rings. The number of hydrogen-bond acceptors (Lipinski definition) is 5. The first-order valence-electron chi connectivity index (χ1n) is 7.11. The molecule has 0 atom stereocenters. The highest BCUT2D eigenvalue weighted by Crippen LogP contribution is 2.29. The van der Waals surface area contributed by atoms with Crippen molar-refractivity contribution in [3.05, 3.63) is 54.1 Å². The number of nitrogens with one attached hydrogen (secondary N) is 1. The van der Waals surface area contributed by atoms with Gasteiger partial charge in [0.25, 0.3) is 0 Å². The van der Waals surface area contributed by atoms with Gasteiger partial charge in [-0.1, -0.05) is 41.7 Å². The van der Waals surface area contributed by atoms with Gasteiger partial charge in [0, 0.05) is 10.6 Å². The van der Waals surface area contributed by atoms with E-state index in [0.29, 0.717) is 10.9 Å². The molecule has 0 saturated heterocycles. The Kier molecular flexibility index (Phi) is 5.59. The zero-order valence-electron chi connectivity index (χ0n) is 12.6. The fourth-order valence-electron chi connectivity index (χ4n) is 2.08. The Bertz CT molecular complexity index is 802. The number of anilines is 1. The van der Waals surface area contributed by atoms with Crippen LogP contribution in [0, 0.1) is 0 Å². The van der Waals surface area contributed by atoms with E-state index in [1.54, 1.807) is 23.5 Å². The molecule has 3 nitrogen and oxygen atoms in total. The molecule has 0 bridgehead atoms. The standard InChI is InChI=1S/C17H16N2OS3/c1-21-13-7-8-14-15(9-13)23-17(18-14)19-16(20)11-22-10-12-5-3-2-4-6-12/h2-9H,10-11H2,1H3,(H,18,19,20). The number of rotatable bonds is 6. The molecule has 0 spiro atoms. The highest BCUT2D eigenvalue weighted by molar-refractivity contribution is 7.99. The van der Waals surface area contributed by atoms with Crippen LogP contribution < -0.4 is 5.32 Å². The number of thiazole rings is 1. The van der Waals surface area contributed by atoms with E-state index < -0.39 is 0 Å². The molecular weight excluding hydrogens is 344 g/mol. The van der Waals surface area contributed by atoms with Gasteiger partial charge in [-0.15, -0.1) is 23.5 Å². The fourth-order valence-corrected chi connectivity index (χ4v) is 4.30. The van der Waals surface area contributed by atoms with Crippen LogP contribution in [0.15, 0.2) is 53.4 Å². The molecule has 0 unspecified atom stereocenters. The number of aromatic nitrogens is 1. The lowest BCUT2D eigenvalue weighted by Crippen LogP contribution is -2.13. The third-order valence-corrected chi connectivity index (χ3v) is 5.85. The third kappa shape index (κ3) is 4.50. The van der Waals surface area contributed by atoms with Gasteiger partial charge in [0.1, 0.15) is 0 Å². The number of nitrogens with zero attached hydrogens (tertiary/aromatic N) is 1.